The highest BCUT2D eigenvalue weighted by molar-refractivity contribution is 6.30. The lowest BCUT2D eigenvalue weighted by atomic mass is 10.0. The van der Waals surface area contributed by atoms with Crippen LogP contribution >= 0.6 is 11.6 Å². The maximum Gasteiger partial charge on any atom is 0.337 e. The van der Waals surface area contributed by atoms with Gasteiger partial charge in [-0.25, -0.2) is 4.79 Å². The monoisotopic (exact) mass is 214 g/mol. The minimum atomic E-state index is -1.50. The van der Waals surface area contributed by atoms with Gasteiger partial charge >= 0.3 is 5.97 Å². The van der Waals surface area contributed by atoms with E-state index in [2.05, 4.69) is 0 Å². The molecular formula is C10H11ClO3. The summed E-state index contributed by atoms with van der Waals surface area (Å²) in [6.07, 6.45) is -0.833. The number of rotatable bonds is 3. The topological polar surface area (TPSA) is 57.5 Å². The smallest absolute Gasteiger partial charge is 0.337 e. The first-order chi connectivity index (χ1) is 6.56. The van der Waals surface area contributed by atoms with Crippen molar-refractivity contribution in [3.8, 4) is 0 Å². The maximum absolute atomic E-state index is 10.6. The largest absolute Gasteiger partial charge is 0.479 e. The average Bonchev–Trinajstić information content (AvgIpc) is 2.16. The second kappa shape index (κ2) is 4.44. The summed E-state index contributed by atoms with van der Waals surface area (Å²) in [5, 5.41) is 18.5. The second-order valence-electron chi connectivity index (χ2n) is 2.94. The van der Waals surface area contributed by atoms with Crippen molar-refractivity contribution in [3.05, 3.63) is 34.3 Å². The van der Waals surface area contributed by atoms with Gasteiger partial charge in [0.1, 0.15) is 0 Å². The number of aliphatic hydroxyl groups excluding tert-OH is 1. The summed E-state index contributed by atoms with van der Waals surface area (Å²) in [5.41, 5.74) is 1.16. The normalized spacial score (nSPS) is 12.5. The van der Waals surface area contributed by atoms with Gasteiger partial charge in [0.15, 0.2) is 6.10 Å². The van der Waals surface area contributed by atoms with Gasteiger partial charge in [0.25, 0.3) is 0 Å². The van der Waals surface area contributed by atoms with Gasteiger partial charge in [-0.3, -0.25) is 0 Å². The fourth-order valence-electron chi connectivity index (χ4n) is 1.28. The van der Waals surface area contributed by atoms with E-state index in [4.69, 9.17) is 16.7 Å². The molecule has 1 unspecified atom stereocenters. The standard InChI is InChI=1S/C10H11ClO3/c1-2-6-3-4-7(11)5-8(6)9(12)10(13)14/h3-5,9,12H,2H2,1H3,(H,13,14). The minimum Gasteiger partial charge on any atom is -0.479 e. The van der Waals surface area contributed by atoms with Gasteiger partial charge in [-0.15, -0.1) is 0 Å². The lowest BCUT2D eigenvalue weighted by Crippen LogP contribution is -2.12. The molecule has 1 rings (SSSR count). The molecule has 0 aliphatic carbocycles. The molecule has 1 aromatic carbocycles. The van der Waals surface area contributed by atoms with E-state index < -0.39 is 12.1 Å². The van der Waals surface area contributed by atoms with Crippen LogP contribution in [0.5, 0.6) is 0 Å². The molecule has 0 heterocycles. The highest BCUT2D eigenvalue weighted by atomic mass is 35.5. The van der Waals surface area contributed by atoms with Crippen molar-refractivity contribution in [1.82, 2.24) is 0 Å². The zero-order valence-electron chi connectivity index (χ0n) is 7.70. The third-order valence-electron chi connectivity index (χ3n) is 2.02. The van der Waals surface area contributed by atoms with Crippen molar-refractivity contribution in [2.24, 2.45) is 0 Å². The zero-order chi connectivity index (χ0) is 10.7. The van der Waals surface area contributed by atoms with Gasteiger partial charge in [0, 0.05) is 5.02 Å². The van der Waals surface area contributed by atoms with E-state index in [0.29, 0.717) is 17.0 Å². The van der Waals surface area contributed by atoms with E-state index in [-0.39, 0.29) is 0 Å². The number of carboxylic acids is 1. The van der Waals surface area contributed by atoms with E-state index >= 15 is 0 Å². The highest BCUT2D eigenvalue weighted by Gasteiger charge is 2.18. The van der Waals surface area contributed by atoms with Crippen LogP contribution in [0.15, 0.2) is 18.2 Å². The number of hydrogen-bond donors (Lipinski definition) is 2. The number of aryl methyl sites for hydroxylation is 1. The molecule has 4 heteroatoms. The third kappa shape index (κ3) is 2.25. The Bertz CT molecular complexity index is 349. The summed E-state index contributed by atoms with van der Waals surface area (Å²) in [4.78, 5) is 10.6. The number of aliphatic carboxylic acids is 1. The molecular weight excluding hydrogens is 204 g/mol. The van der Waals surface area contributed by atoms with Crippen LogP contribution in [0, 0.1) is 0 Å². The van der Waals surface area contributed by atoms with Crippen LogP contribution in [0.4, 0.5) is 0 Å². The first kappa shape index (κ1) is 11.0. The number of halogens is 1. The summed E-state index contributed by atoms with van der Waals surface area (Å²) in [6, 6.07) is 4.89. The summed E-state index contributed by atoms with van der Waals surface area (Å²) < 4.78 is 0. The van der Waals surface area contributed by atoms with Crippen molar-refractivity contribution >= 4 is 17.6 Å². The molecule has 0 fully saturated rings. The summed E-state index contributed by atoms with van der Waals surface area (Å²) in [5.74, 6) is -1.26. The first-order valence-corrected chi connectivity index (χ1v) is 4.63. The predicted octanol–water partition coefficient (Wildman–Crippen LogP) is 2.02. The third-order valence-corrected chi connectivity index (χ3v) is 2.25. The van der Waals surface area contributed by atoms with E-state index in [0.717, 1.165) is 5.56 Å². The number of benzene rings is 1. The van der Waals surface area contributed by atoms with Gasteiger partial charge < -0.3 is 10.2 Å². The highest BCUT2D eigenvalue weighted by Crippen LogP contribution is 2.23. The minimum absolute atomic E-state index is 0.368. The number of aliphatic hydroxyl groups is 1. The molecule has 76 valence electrons. The zero-order valence-corrected chi connectivity index (χ0v) is 8.45. The van der Waals surface area contributed by atoms with E-state index in [9.17, 15) is 9.90 Å². The summed E-state index contributed by atoms with van der Waals surface area (Å²) in [7, 11) is 0. The molecule has 0 radical (unpaired) electrons. The lowest BCUT2D eigenvalue weighted by Gasteiger charge is -2.11. The SMILES string of the molecule is CCc1ccc(Cl)cc1C(O)C(=O)O. The molecule has 14 heavy (non-hydrogen) atoms. The number of carboxylic acid groups (broad SMARTS) is 1. The summed E-state index contributed by atoms with van der Waals surface area (Å²) in [6.45, 7) is 1.89. The van der Waals surface area contributed by atoms with E-state index in [1.807, 2.05) is 6.92 Å². The van der Waals surface area contributed by atoms with Gasteiger partial charge in [0.05, 0.1) is 0 Å². The Morgan fingerprint density at radius 3 is 2.71 bits per heavy atom. The lowest BCUT2D eigenvalue weighted by molar-refractivity contribution is -0.147. The Kier molecular flexibility index (Phi) is 3.49. The fourth-order valence-corrected chi connectivity index (χ4v) is 1.46. The van der Waals surface area contributed by atoms with Gasteiger partial charge in [-0.05, 0) is 29.7 Å². The van der Waals surface area contributed by atoms with Crippen molar-refractivity contribution in [2.45, 2.75) is 19.4 Å². The van der Waals surface area contributed by atoms with Crippen LogP contribution in [-0.4, -0.2) is 16.2 Å². The van der Waals surface area contributed by atoms with Gasteiger partial charge in [0.2, 0.25) is 0 Å². The van der Waals surface area contributed by atoms with Gasteiger partial charge in [-0.2, -0.15) is 0 Å². The van der Waals surface area contributed by atoms with Crippen LogP contribution in [0.2, 0.25) is 5.02 Å². The number of hydrogen-bond acceptors (Lipinski definition) is 2. The Morgan fingerprint density at radius 1 is 1.57 bits per heavy atom. The first-order valence-electron chi connectivity index (χ1n) is 4.25. The molecule has 0 aromatic heterocycles. The molecule has 1 atom stereocenters. The number of carbonyl (C=O) groups is 1. The molecule has 0 saturated carbocycles. The Hall–Kier alpha value is -1.06. The molecule has 0 spiro atoms. The van der Waals surface area contributed by atoms with Crippen LogP contribution in [0.1, 0.15) is 24.2 Å². The van der Waals surface area contributed by atoms with Crippen LogP contribution in [0.25, 0.3) is 0 Å². The van der Waals surface area contributed by atoms with E-state index in [1.165, 1.54) is 6.07 Å². The molecule has 1 aromatic rings. The van der Waals surface area contributed by atoms with Gasteiger partial charge in [-0.1, -0.05) is 24.6 Å². The predicted molar refractivity (Wildman–Crippen MR) is 53.4 cm³/mol. The average molecular weight is 215 g/mol. The van der Waals surface area contributed by atoms with Crippen molar-refractivity contribution in [1.29, 1.82) is 0 Å². The molecule has 3 nitrogen and oxygen atoms in total. The van der Waals surface area contributed by atoms with Crippen LogP contribution in [0.3, 0.4) is 0 Å². The maximum atomic E-state index is 10.6. The van der Waals surface area contributed by atoms with Crippen molar-refractivity contribution < 1.29 is 15.0 Å². The second-order valence-corrected chi connectivity index (χ2v) is 3.37. The fraction of sp³-hybridized carbons (Fsp3) is 0.300. The summed E-state index contributed by atoms with van der Waals surface area (Å²) >= 11 is 5.72. The Morgan fingerprint density at radius 2 is 2.21 bits per heavy atom. The van der Waals surface area contributed by atoms with Crippen molar-refractivity contribution in [2.75, 3.05) is 0 Å². The molecule has 0 saturated heterocycles. The molecule has 2 N–H and O–H groups in total. The molecule has 0 aliphatic rings. The molecule has 0 bridgehead atoms. The van der Waals surface area contributed by atoms with E-state index in [1.54, 1.807) is 12.1 Å². The van der Waals surface area contributed by atoms with Crippen LogP contribution in [-0.2, 0) is 11.2 Å². The molecule has 0 aliphatic heterocycles. The van der Waals surface area contributed by atoms with Crippen LogP contribution < -0.4 is 0 Å². The quantitative estimate of drug-likeness (QED) is 0.810. The van der Waals surface area contributed by atoms with Crippen molar-refractivity contribution in [3.63, 3.8) is 0 Å². The molecule has 0 amide bonds. The Labute approximate surface area is 86.9 Å². The Balaban J connectivity index is 3.16.